The summed E-state index contributed by atoms with van der Waals surface area (Å²) >= 11 is 1.24. The van der Waals surface area contributed by atoms with E-state index in [4.69, 9.17) is 4.42 Å². The number of carbonyl (C=O) groups excluding carboxylic acids is 1. The van der Waals surface area contributed by atoms with Gasteiger partial charge in [0.2, 0.25) is 10.0 Å². The van der Waals surface area contributed by atoms with Crippen LogP contribution in [0.2, 0.25) is 0 Å². The Balaban J connectivity index is 1.45. The maximum Gasteiger partial charge on any atom is 0.267 e. The van der Waals surface area contributed by atoms with Crippen LogP contribution in [0.4, 0.5) is 10.1 Å². The number of rotatable bonds is 8. The van der Waals surface area contributed by atoms with Gasteiger partial charge in [-0.05, 0) is 55.0 Å². The van der Waals surface area contributed by atoms with Gasteiger partial charge in [-0.3, -0.25) is 4.79 Å². The number of nitrogens with zero attached hydrogens (tertiary/aromatic N) is 1. The summed E-state index contributed by atoms with van der Waals surface area (Å²) < 4.78 is 45.9. The minimum Gasteiger partial charge on any atom is -0.468 e. The molecule has 0 spiro atoms. The molecule has 0 radical (unpaired) electrons. The van der Waals surface area contributed by atoms with Crippen LogP contribution in [-0.4, -0.2) is 19.3 Å². The number of hydrogen-bond acceptors (Lipinski definition) is 6. The van der Waals surface area contributed by atoms with Crippen molar-refractivity contribution in [3.63, 3.8) is 0 Å². The lowest BCUT2D eigenvalue weighted by Crippen LogP contribution is -2.23. The molecule has 33 heavy (non-hydrogen) atoms. The molecule has 1 amide bonds. The van der Waals surface area contributed by atoms with E-state index in [-0.39, 0.29) is 23.2 Å². The van der Waals surface area contributed by atoms with Gasteiger partial charge in [-0.1, -0.05) is 18.2 Å². The highest BCUT2D eigenvalue weighted by molar-refractivity contribution is 7.89. The molecule has 2 heterocycles. The van der Waals surface area contributed by atoms with E-state index in [1.54, 1.807) is 43.3 Å². The van der Waals surface area contributed by atoms with Crippen molar-refractivity contribution in [3.8, 4) is 0 Å². The van der Waals surface area contributed by atoms with Crippen molar-refractivity contribution in [1.29, 1.82) is 0 Å². The number of anilines is 1. The van der Waals surface area contributed by atoms with Gasteiger partial charge < -0.3 is 9.73 Å². The summed E-state index contributed by atoms with van der Waals surface area (Å²) in [6.07, 6.45) is 1.94. The number of sulfonamides is 1. The summed E-state index contributed by atoms with van der Waals surface area (Å²) in [6, 6.07) is 15.5. The Morgan fingerprint density at radius 2 is 1.91 bits per heavy atom. The third-order valence-electron chi connectivity index (χ3n) is 4.73. The van der Waals surface area contributed by atoms with Gasteiger partial charge in [0.1, 0.15) is 16.5 Å². The fourth-order valence-corrected chi connectivity index (χ4v) is 5.14. The van der Waals surface area contributed by atoms with Crippen LogP contribution >= 0.6 is 11.3 Å². The highest BCUT2D eigenvalue weighted by Crippen LogP contribution is 2.23. The minimum absolute atomic E-state index is 0.0167. The fraction of sp³-hybridized carbons (Fsp3) is 0.130. The van der Waals surface area contributed by atoms with Crippen LogP contribution < -0.4 is 10.0 Å². The lowest BCUT2D eigenvalue weighted by Gasteiger charge is -2.08. The molecule has 10 heteroatoms. The second kappa shape index (κ2) is 9.65. The first-order valence-corrected chi connectivity index (χ1v) is 12.2. The number of carbonyl (C=O) groups is 1. The van der Waals surface area contributed by atoms with E-state index < -0.39 is 10.0 Å². The number of aromatic nitrogens is 1. The van der Waals surface area contributed by atoms with Gasteiger partial charge in [0.15, 0.2) is 0 Å². The molecule has 4 aromatic rings. The number of thiazole rings is 1. The Kier molecular flexibility index (Phi) is 6.68. The minimum atomic E-state index is -3.80. The first-order chi connectivity index (χ1) is 15.8. The lowest BCUT2D eigenvalue weighted by molar-refractivity contribution is 0.102. The second-order valence-corrected chi connectivity index (χ2v) is 10.1. The molecule has 2 aromatic heterocycles. The van der Waals surface area contributed by atoms with Crippen LogP contribution in [0.25, 0.3) is 0 Å². The molecular formula is C23H20FN3O4S2. The predicted octanol–water partition coefficient (Wildman–Crippen LogP) is 4.51. The number of benzene rings is 2. The van der Waals surface area contributed by atoms with Gasteiger partial charge in [0.25, 0.3) is 5.91 Å². The van der Waals surface area contributed by atoms with Gasteiger partial charge in [-0.15, -0.1) is 11.3 Å². The maximum atomic E-state index is 13.1. The van der Waals surface area contributed by atoms with Crippen LogP contribution in [0.5, 0.6) is 0 Å². The first-order valence-electron chi connectivity index (χ1n) is 9.94. The van der Waals surface area contributed by atoms with Gasteiger partial charge in [-0.2, -0.15) is 0 Å². The smallest absolute Gasteiger partial charge is 0.267 e. The molecule has 0 saturated heterocycles. The van der Waals surface area contributed by atoms with Gasteiger partial charge in [0, 0.05) is 12.1 Å². The number of furan rings is 1. The Bertz CT molecular complexity index is 1370. The summed E-state index contributed by atoms with van der Waals surface area (Å²) in [7, 11) is -3.80. The zero-order valence-electron chi connectivity index (χ0n) is 17.5. The zero-order valence-corrected chi connectivity index (χ0v) is 19.2. The number of amides is 1. The monoisotopic (exact) mass is 485 g/mol. The molecule has 0 aliphatic rings. The molecule has 0 bridgehead atoms. The topological polar surface area (TPSA) is 101 Å². The van der Waals surface area contributed by atoms with Crippen molar-refractivity contribution in [2.24, 2.45) is 0 Å². The Labute approximate surface area is 194 Å². The van der Waals surface area contributed by atoms with E-state index in [2.05, 4.69) is 15.0 Å². The van der Waals surface area contributed by atoms with Crippen molar-refractivity contribution in [2.45, 2.75) is 24.8 Å². The molecule has 2 aromatic carbocycles. The highest BCUT2D eigenvalue weighted by atomic mass is 32.2. The van der Waals surface area contributed by atoms with Crippen molar-refractivity contribution >= 4 is 33.0 Å². The van der Waals surface area contributed by atoms with Crippen molar-refractivity contribution in [2.75, 3.05) is 5.32 Å². The predicted molar refractivity (Wildman–Crippen MR) is 123 cm³/mol. The molecule has 2 N–H and O–H groups in total. The van der Waals surface area contributed by atoms with Gasteiger partial charge in [0.05, 0.1) is 28.4 Å². The summed E-state index contributed by atoms with van der Waals surface area (Å²) in [5, 5.41) is 3.46. The van der Waals surface area contributed by atoms with Crippen LogP contribution in [-0.2, 0) is 23.0 Å². The van der Waals surface area contributed by atoms with Gasteiger partial charge >= 0.3 is 0 Å². The SMILES string of the molecule is Cc1nc(Cc2ccc(F)cc2)sc1C(=O)Nc1cccc(S(=O)(=O)NCc2ccco2)c1. The zero-order chi connectivity index (χ0) is 23.4. The van der Waals surface area contributed by atoms with Gasteiger partial charge in [-0.25, -0.2) is 22.5 Å². The van der Waals surface area contributed by atoms with Crippen LogP contribution in [0, 0.1) is 12.7 Å². The summed E-state index contributed by atoms with van der Waals surface area (Å²) in [4.78, 5) is 17.7. The molecular weight excluding hydrogens is 465 g/mol. The van der Waals surface area contributed by atoms with Crippen molar-refractivity contribution < 1.29 is 22.0 Å². The molecule has 7 nitrogen and oxygen atoms in total. The largest absolute Gasteiger partial charge is 0.468 e. The molecule has 0 unspecified atom stereocenters. The molecule has 0 atom stereocenters. The normalized spacial score (nSPS) is 11.5. The molecule has 170 valence electrons. The molecule has 0 saturated carbocycles. The number of aryl methyl sites for hydroxylation is 1. The average Bonchev–Trinajstić information content (AvgIpc) is 3.44. The molecule has 0 fully saturated rings. The summed E-state index contributed by atoms with van der Waals surface area (Å²) in [6.45, 7) is 1.75. The van der Waals surface area contributed by atoms with E-state index in [1.165, 1.54) is 41.9 Å². The summed E-state index contributed by atoms with van der Waals surface area (Å²) in [5.74, 6) is -0.205. The number of hydrogen-bond donors (Lipinski definition) is 2. The number of nitrogens with one attached hydrogen (secondary N) is 2. The Hall–Kier alpha value is -3.34. The second-order valence-electron chi connectivity index (χ2n) is 7.21. The molecule has 4 rings (SSSR count). The average molecular weight is 486 g/mol. The van der Waals surface area contributed by atoms with E-state index >= 15 is 0 Å². The van der Waals surface area contributed by atoms with Crippen LogP contribution in [0.1, 0.15) is 31.7 Å². The Morgan fingerprint density at radius 3 is 2.64 bits per heavy atom. The Morgan fingerprint density at radius 1 is 1.12 bits per heavy atom. The maximum absolute atomic E-state index is 13.1. The molecule has 0 aliphatic carbocycles. The first kappa shape index (κ1) is 22.8. The van der Waals surface area contributed by atoms with E-state index in [1.807, 2.05) is 0 Å². The van der Waals surface area contributed by atoms with Crippen LogP contribution in [0.3, 0.4) is 0 Å². The highest BCUT2D eigenvalue weighted by Gasteiger charge is 2.18. The summed E-state index contributed by atoms with van der Waals surface area (Å²) in [5.41, 5.74) is 1.80. The molecule has 0 aliphatic heterocycles. The lowest BCUT2D eigenvalue weighted by atomic mass is 10.1. The quantitative estimate of drug-likeness (QED) is 0.383. The van der Waals surface area contributed by atoms with Crippen molar-refractivity contribution in [1.82, 2.24) is 9.71 Å². The van der Waals surface area contributed by atoms with E-state index in [0.717, 1.165) is 10.6 Å². The van der Waals surface area contributed by atoms with E-state index in [0.29, 0.717) is 28.4 Å². The van der Waals surface area contributed by atoms with E-state index in [9.17, 15) is 17.6 Å². The fourth-order valence-electron chi connectivity index (χ4n) is 3.11. The standard InChI is InChI=1S/C23H20FN3O4S2/c1-15-22(32-21(26-15)12-16-7-9-17(24)10-8-16)23(28)27-18-4-2-6-20(13-18)33(29,30)25-14-19-5-3-11-31-19/h2-11,13,25H,12,14H2,1H3,(H,27,28). The number of halogens is 1. The van der Waals surface area contributed by atoms with Crippen LogP contribution in [0.15, 0.2) is 76.2 Å². The third-order valence-corrected chi connectivity index (χ3v) is 7.29. The van der Waals surface area contributed by atoms with Crippen molar-refractivity contribution in [3.05, 3.63) is 99.6 Å². The third kappa shape index (κ3) is 5.72.